The molecule has 2 aromatic rings. The second-order valence-electron chi connectivity index (χ2n) is 14.4. The number of fused-ring (bicyclic) bond motifs is 3. The highest BCUT2D eigenvalue weighted by atomic mass is 32.2. The molecule has 13 heteroatoms. The van der Waals surface area contributed by atoms with Gasteiger partial charge in [0.25, 0.3) is 0 Å². The summed E-state index contributed by atoms with van der Waals surface area (Å²) >= 11 is 1.90. The fourth-order valence-corrected chi connectivity index (χ4v) is 9.15. The van der Waals surface area contributed by atoms with E-state index >= 15 is 0 Å². The summed E-state index contributed by atoms with van der Waals surface area (Å²) in [6.07, 6.45) is 8.01. The van der Waals surface area contributed by atoms with Crippen molar-refractivity contribution in [3.05, 3.63) is 39.7 Å². The molecular weight excluding hydrogens is 659 g/mol. The number of unbranched alkanes of at least 4 members (excludes halogenated alkanes) is 3. The minimum Gasteiger partial charge on any atom is -0.462 e. The predicted molar refractivity (Wildman–Crippen MR) is 196 cm³/mol. The van der Waals surface area contributed by atoms with E-state index in [4.69, 9.17) is 9.15 Å². The summed E-state index contributed by atoms with van der Waals surface area (Å²) in [6, 6.07) is 5.84. The topological polar surface area (TPSA) is 159 Å². The zero-order chi connectivity index (χ0) is 35.8. The van der Waals surface area contributed by atoms with E-state index in [9.17, 15) is 24.0 Å². The number of amides is 4. The molecule has 0 bridgehead atoms. The van der Waals surface area contributed by atoms with Crippen LogP contribution in [0.4, 0.5) is 10.5 Å². The fraction of sp³-hybridized carbons (Fsp3) is 0.649. The lowest BCUT2D eigenvalue weighted by molar-refractivity contribution is -0.121. The maximum Gasteiger partial charge on any atom is 0.351 e. The van der Waals surface area contributed by atoms with Gasteiger partial charge in [-0.25, -0.2) is 14.4 Å². The summed E-state index contributed by atoms with van der Waals surface area (Å²) < 4.78 is 10.6. The Bertz CT molecular complexity index is 1610. The highest BCUT2D eigenvalue weighted by Gasteiger charge is 2.42. The van der Waals surface area contributed by atoms with Crippen LogP contribution < -0.4 is 31.8 Å². The molecule has 2 saturated heterocycles. The molecule has 4 N–H and O–H groups in total. The molecule has 2 fully saturated rings. The molecule has 0 radical (unpaired) electrons. The Labute approximate surface area is 298 Å². The van der Waals surface area contributed by atoms with Crippen molar-refractivity contribution < 1.29 is 28.3 Å². The molecule has 0 unspecified atom stereocenters. The van der Waals surface area contributed by atoms with Crippen LogP contribution in [0.3, 0.4) is 0 Å². The van der Waals surface area contributed by atoms with Crippen molar-refractivity contribution >= 4 is 52.2 Å². The van der Waals surface area contributed by atoms with Crippen molar-refractivity contribution in [2.45, 2.75) is 121 Å². The Kier molecular flexibility index (Phi) is 12.7. The molecule has 0 spiro atoms. The van der Waals surface area contributed by atoms with Crippen LogP contribution in [0, 0.1) is 0 Å². The number of ether oxygens (including phenoxy) is 1. The lowest BCUT2D eigenvalue weighted by Crippen LogP contribution is -2.49. The van der Waals surface area contributed by atoms with Gasteiger partial charge in [0.05, 0.1) is 18.7 Å². The number of hydrogen-bond donors (Lipinski definition) is 4. The Hall–Kier alpha value is -3.74. The minimum atomic E-state index is -0.716. The average Bonchev–Trinajstić information content (AvgIpc) is 3.62. The Morgan fingerprint density at radius 2 is 1.70 bits per heavy atom. The Balaban J connectivity index is 0.974. The quantitative estimate of drug-likeness (QED) is 0.0770. The monoisotopic (exact) mass is 711 g/mol. The largest absolute Gasteiger partial charge is 0.462 e. The number of carbonyl (C=O) groups is 4. The predicted octanol–water partition coefficient (Wildman–Crippen LogP) is 4.97. The van der Waals surface area contributed by atoms with Gasteiger partial charge in [0.1, 0.15) is 11.1 Å². The maximum atomic E-state index is 12.6. The summed E-state index contributed by atoms with van der Waals surface area (Å²) in [5.41, 5.74) is 1.54. The number of esters is 1. The Morgan fingerprint density at radius 3 is 2.42 bits per heavy atom. The summed E-state index contributed by atoms with van der Waals surface area (Å²) in [6.45, 7) is 10.4. The molecule has 4 heterocycles. The van der Waals surface area contributed by atoms with Gasteiger partial charge in [-0.15, -0.1) is 0 Å². The van der Waals surface area contributed by atoms with E-state index in [1.807, 2.05) is 23.9 Å². The number of carbonyl (C=O) groups excluding carboxylic acids is 4. The van der Waals surface area contributed by atoms with Crippen molar-refractivity contribution in [2.24, 2.45) is 0 Å². The molecule has 274 valence electrons. The number of anilines is 1. The van der Waals surface area contributed by atoms with Crippen molar-refractivity contribution in [2.75, 3.05) is 36.9 Å². The first kappa shape index (κ1) is 37.5. The number of urea groups is 1. The summed E-state index contributed by atoms with van der Waals surface area (Å²) in [5, 5.41) is 13.1. The third-order valence-electron chi connectivity index (χ3n) is 10.1. The molecule has 1 aromatic heterocycles. The van der Waals surface area contributed by atoms with Crippen molar-refractivity contribution in [1.29, 1.82) is 0 Å². The lowest BCUT2D eigenvalue weighted by Gasteiger charge is -2.47. The number of nitrogens with zero attached hydrogens (tertiary/aromatic N) is 1. The van der Waals surface area contributed by atoms with Crippen LogP contribution in [0.5, 0.6) is 0 Å². The van der Waals surface area contributed by atoms with Gasteiger partial charge >= 0.3 is 17.6 Å². The standard InChI is InChI=1S/C37H53N5O7S/c1-5-48-34(45)26-19-24-18-25-23(2)21-37(3,4)42(28(25)20-29(24)49-35(26)46)17-11-14-32(44)39-16-10-6-9-15-38-31(43)13-8-7-12-30-33-27(22-50-30)40-36(47)41-33/h18-20,23,27,30,33H,5-17,21-22H2,1-4H3,(H,38,43)(H,39,44)(H2,40,41,47)/t23-,27-,30-,33-/m0/s1. The minimum absolute atomic E-state index is 0.0239. The van der Waals surface area contributed by atoms with E-state index in [0.717, 1.165) is 61.9 Å². The van der Waals surface area contributed by atoms with Crippen LogP contribution in [0.15, 0.2) is 27.4 Å². The molecular formula is C37H53N5O7S. The number of nitrogens with one attached hydrogen (secondary N) is 4. The lowest BCUT2D eigenvalue weighted by atomic mass is 9.79. The van der Waals surface area contributed by atoms with E-state index < -0.39 is 11.6 Å². The molecule has 50 heavy (non-hydrogen) atoms. The van der Waals surface area contributed by atoms with Gasteiger partial charge in [0, 0.05) is 66.2 Å². The average molecular weight is 712 g/mol. The van der Waals surface area contributed by atoms with E-state index in [1.165, 1.54) is 0 Å². The van der Waals surface area contributed by atoms with Crippen LogP contribution in [0.25, 0.3) is 11.0 Å². The zero-order valence-electron chi connectivity index (χ0n) is 29.9. The second kappa shape index (κ2) is 17.0. The van der Waals surface area contributed by atoms with Gasteiger partial charge < -0.3 is 35.3 Å². The molecule has 0 saturated carbocycles. The number of thioether (sulfide) groups is 1. The van der Waals surface area contributed by atoms with Gasteiger partial charge in [-0.3, -0.25) is 9.59 Å². The first-order valence-corrected chi connectivity index (χ1v) is 19.3. The van der Waals surface area contributed by atoms with Gasteiger partial charge in [-0.1, -0.05) is 13.3 Å². The van der Waals surface area contributed by atoms with Crippen LogP contribution >= 0.6 is 11.8 Å². The van der Waals surface area contributed by atoms with E-state index in [2.05, 4.69) is 46.9 Å². The number of rotatable bonds is 17. The highest BCUT2D eigenvalue weighted by molar-refractivity contribution is 8.00. The first-order chi connectivity index (χ1) is 24.0. The molecule has 3 aliphatic rings. The van der Waals surface area contributed by atoms with Crippen LogP contribution in [-0.2, 0) is 14.3 Å². The van der Waals surface area contributed by atoms with Gasteiger partial charge in [-0.2, -0.15) is 11.8 Å². The molecule has 4 amide bonds. The SMILES string of the molecule is CCOC(=O)c1cc2cc3c(cc2oc1=O)N(CCCC(=O)NCCCCCNC(=O)CCCC[C@@H]1SC[C@@H]2NC(=O)N[C@@H]21)C(C)(C)C[C@@H]3C. The third-order valence-corrected chi connectivity index (χ3v) is 11.6. The van der Waals surface area contributed by atoms with Crippen LogP contribution in [-0.4, -0.2) is 78.7 Å². The van der Waals surface area contributed by atoms with Gasteiger partial charge in [0.15, 0.2) is 0 Å². The molecule has 4 atom stereocenters. The molecule has 1 aromatic carbocycles. The van der Waals surface area contributed by atoms with Crippen LogP contribution in [0.1, 0.15) is 114 Å². The molecule has 3 aliphatic heterocycles. The molecule has 5 rings (SSSR count). The number of hydrogen-bond acceptors (Lipinski definition) is 9. The second-order valence-corrected chi connectivity index (χ2v) is 15.7. The summed E-state index contributed by atoms with van der Waals surface area (Å²) in [5.74, 6) is 0.633. The van der Waals surface area contributed by atoms with Crippen molar-refractivity contribution in [3.8, 4) is 0 Å². The normalized spacial score (nSPS) is 22.0. The fourth-order valence-electron chi connectivity index (χ4n) is 7.60. The van der Waals surface area contributed by atoms with Crippen LogP contribution in [0.2, 0.25) is 0 Å². The van der Waals surface area contributed by atoms with E-state index in [0.29, 0.717) is 55.1 Å². The zero-order valence-corrected chi connectivity index (χ0v) is 30.7. The smallest absolute Gasteiger partial charge is 0.351 e. The van der Waals surface area contributed by atoms with Gasteiger partial charge in [-0.05, 0) is 89.3 Å². The highest BCUT2D eigenvalue weighted by Crippen LogP contribution is 2.45. The summed E-state index contributed by atoms with van der Waals surface area (Å²) in [7, 11) is 0. The van der Waals surface area contributed by atoms with Crippen molar-refractivity contribution in [1.82, 2.24) is 21.3 Å². The maximum absolute atomic E-state index is 12.6. The third kappa shape index (κ3) is 9.32. The van der Waals surface area contributed by atoms with E-state index in [-0.39, 0.29) is 53.6 Å². The molecule has 0 aliphatic carbocycles. The summed E-state index contributed by atoms with van der Waals surface area (Å²) in [4.78, 5) is 63.6. The van der Waals surface area contributed by atoms with Crippen molar-refractivity contribution in [3.63, 3.8) is 0 Å². The number of benzene rings is 1. The Morgan fingerprint density at radius 1 is 0.980 bits per heavy atom. The van der Waals surface area contributed by atoms with E-state index in [1.54, 1.807) is 13.0 Å². The van der Waals surface area contributed by atoms with Gasteiger partial charge in [0.2, 0.25) is 11.8 Å². The molecule has 12 nitrogen and oxygen atoms in total. The first-order valence-electron chi connectivity index (χ1n) is 18.3.